The molecule has 2 aliphatic heterocycles. The van der Waals surface area contributed by atoms with Crippen LogP contribution in [-0.2, 0) is 14.9 Å². The third-order valence-corrected chi connectivity index (χ3v) is 5.59. The van der Waals surface area contributed by atoms with Crippen LogP contribution in [0.15, 0.2) is 0 Å². The van der Waals surface area contributed by atoms with Gasteiger partial charge in [0.2, 0.25) is 0 Å². The van der Waals surface area contributed by atoms with Gasteiger partial charge < -0.3 is 10.1 Å². The van der Waals surface area contributed by atoms with Crippen LogP contribution >= 0.6 is 0 Å². The first kappa shape index (κ1) is 15.2. The number of hydrogen-bond acceptors (Lipinski definition) is 4. The molecule has 0 aliphatic carbocycles. The van der Waals surface area contributed by atoms with E-state index in [-0.39, 0.29) is 12.1 Å². The normalized spacial score (nSPS) is 27.5. The molecular formula is C12H25N3O3S. The summed E-state index contributed by atoms with van der Waals surface area (Å²) in [5.74, 6) is 0. The smallest absolute Gasteiger partial charge is 0.279 e. The average molecular weight is 291 g/mol. The van der Waals surface area contributed by atoms with E-state index >= 15 is 0 Å². The first-order chi connectivity index (χ1) is 9.13. The molecule has 19 heavy (non-hydrogen) atoms. The number of likely N-dealkylation sites (N-methyl/N-ethyl adjacent to an activating group) is 1. The topological polar surface area (TPSA) is 70.7 Å². The van der Waals surface area contributed by atoms with Crippen LogP contribution in [0.2, 0.25) is 0 Å². The van der Waals surface area contributed by atoms with E-state index in [4.69, 9.17) is 4.74 Å². The maximum absolute atomic E-state index is 12.5. The Balaban J connectivity index is 1.99. The molecule has 2 saturated heterocycles. The molecule has 2 N–H and O–H groups in total. The minimum Gasteiger partial charge on any atom is -0.381 e. The second kappa shape index (κ2) is 6.99. The summed E-state index contributed by atoms with van der Waals surface area (Å²) < 4.78 is 34.7. The molecule has 0 amide bonds. The molecule has 6 nitrogen and oxygen atoms in total. The highest BCUT2D eigenvalue weighted by Crippen LogP contribution is 2.20. The van der Waals surface area contributed by atoms with Gasteiger partial charge in [-0.3, -0.25) is 0 Å². The van der Waals surface area contributed by atoms with Crippen molar-refractivity contribution in [3.63, 3.8) is 0 Å². The van der Waals surface area contributed by atoms with E-state index in [0.717, 1.165) is 32.1 Å². The Morgan fingerprint density at radius 3 is 2.63 bits per heavy atom. The lowest BCUT2D eigenvalue weighted by atomic mass is 10.1. The van der Waals surface area contributed by atoms with Crippen molar-refractivity contribution in [2.75, 3.05) is 33.4 Å². The van der Waals surface area contributed by atoms with Crippen LogP contribution < -0.4 is 10.0 Å². The number of rotatable bonds is 5. The maximum Gasteiger partial charge on any atom is 0.279 e. The molecule has 1 unspecified atom stereocenters. The van der Waals surface area contributed by atoms with Gasteiger partial charge in [-0.2, -0.15) is 17.4 Å². The van der Waals surface area contributed by atoms with Gasteiger partial charge in [-0.1, -0.05) is 6.42 Å². The Morgan fingerprint density at radius 2 is 1.95 bits per heavy atom. The van der Waals surface area contributed by atoms with Crippen molar-refractivity contribution in [3.05, 3.63) is 0 Å². The number of hydrogen-bond donors (Lipinski definition) is 2. The lowest BCUT2D eigenvalue weighted by Gasteiger charge is -2.36. The number of ether oxygens (including phenoxy) is 1. The van der Waals surface area contributed by atoms with Crippen LogP contribution in [0.5, 0.6) is 0 Å². The van der Waals surface area contributed by atoms with E-state index in [1.54, 1.807) is 4.31 Å². The average Bonchev–Trinajstić information content (AvgIpc) is 2.40. The van der Waals surface area contributed by atoms with Crippen LogP contribution in [0.4, 0.5) is 0 Å². The summed E-state index contributed by atoms with van der Waals surface area (Å²) in [7, 11) is -1.50. The van der Waals surface area contributed by atoms with Crippen LogP contribution in [0, 0.1) is 0 Å². The number of piperidine rings is 1. The lowest BCUT2D eigenvalue weighted by molar-refractivity contribution is 0.0824. The first-order valence-corrected chi connectivity index (χ1v) is 8.59. The van der Waals surface area contributed by atoms with Gasteiger partial charge in [-0.05, 0) is 32.7 Å². The highest BCUT2D eigenvalue weighted by atomic mass is 32.2. The standard InChI is InChI=1S/C12H25N3O3S/c1-13-10-12-4-2-3-7-15(12)19(16,17)14-11-5-8-18-9-6-11/h11-14H,2-10H2,1H3. The predicted molar refractivity (Wildman–Crippen MR) is 74.2 cm³/mol. The van der Waals surface area contributed by atoms with Gasteiger partial charge >= 0.3 is 0 Å². The van der Waals surface area contributed by atoms with Gasteiger partial charge in [0.1, 0.15) is 0 Å². The van der Waals surface area contributed by atoms with E-state index in [2.05, 4.69) is 10.0 Å². The van der Waals surface area contributed by atoms with Gasteiger partial charge in [-0.25, -0.2) is 0 Å². The van der Waals surface area contributed by atoms with Crippen LogP contribution in [0.3, 0.4) is 0 Å². The number of nitrogens with zero attached hydrogens (tertiary/aromatic N) is 1. The van der Waals surface area contributed by atoms with Gasteiger partial charge in [-0.15, -0.1) is 0 Å². The summed E-state index contributed by atoms with van der Waals surface area (Å²) in [6.45, 7) is 2.64. The largest absolute Gasteiger partial charge is 0.381 e. The summed E-state index contributed by atoms with van der Waals surface area (Å²) >= 11 is 0. The van der Waals surface area contributed by atoms with Crippen LogP contribution in [-0.4, -0.2) is 58.2 Å². The van der Waals surface area contributed by atoms with Gasteiger partial charge in [0, 0.05) is 38.4 Å². The third-order valence-electron chi connectivity index (χ3n) is 3.86. The van der Waals surface area contributed by atoms with Crippen LogP contribution in [0.25, 0.3) is 0 Å². The molecule has 0 aromatic heterocycles. The molecule has 2 heterocycles. The van der Waals surface area contributed by atoms with Crippen molar-refractivity contribution in [3.8, 4) is 0 Å². The van der Waals surface area contributed by atoms with Crippen molar-refractivity contribution >= 4 is 10.2 Å². The minimum absolute atomic E-state index is 0.0240. The van der Waals surface area contributed by atoms with Crippen molar-refractivity contribution in [1.29, 1.82) is 0 Å². The summed E-state index contributed by atoms with van der Waals surface area (Å²) in [5, 5.41) is 3.09. The molecule has 0 radical (unpaired) electrons. The molecule has 2 rings (SSSR count). The Labute approximate surface area is 116 Å². The third kappa shape index (κ3) is 4.13. The zero-order valence-corrected chi connectivity index (χ0v) is 12.4. The zero-order valence-electron chi connectivity index (χ0n) is 11.6. The minimum atomic E-state index is -3.37. The highest BCUT2D eigenvalue weighted by Gasteiger charge is 2.33. The molecule has 7 heteroatoms. The first-order valence-electron chi connectivity index (χ1n) is 7.15. The van der Waals surface area contributed by atoms with Gasteiger partial charge in [0.05, 0.1) is 0 Å². The predicted octanol–water partition coefficient (Wildman–Crippen LogP) is 0.0737. The summed E-state index contributed by atoms with van der Waals surface area (Å²) in [5.41, 5.74) is 0. The van der Waals surface area contributed by atoms with Crippen LogP contribution in [0.1, 0.15) is 32.1 Å². The van der Waals surface area contributed by atoms with Crippen molar-refractivity contribution in [1.82, 2.24) is 14.3 Å². The van der Waals surface area contributed by atoms with E-state index in [9.17, 15) is 8.42 Å². The molecule has 0 bridgehead atoms. The molecule has 0 aromatic carbocycles. The Hall–Kier alpha value is -0.210. The summed E-state index contributed by atoms with van der Waals surface area (Å²) in [4.78, 5) is 0. The maximum atomic E-state index is 12.5. The lowest BCUT2D eigenvalue weighted by Crippen LogP contribution is -2.54. The molecule has 0 saturated carbocycles. The second-order valence-electron chi connectivity index (χ2n) is 5.33. The molecule has 2 aliphatic rings. The zero-order chi connectivity index (χ0) is 13.7. The van der Waals surface area contributed by atoms with Crippen molar-refractivity contribution in [2.24, 2.45) is 0 Å². The van der Waals surface area contributed by atoms with Gasteiger partial charge in [0.25, 0.3) is 10.2 Å². The quantitative estimate of drug-likeness (QED) is 0.752. The molecule has 1 atom stereocenters. The Bertz CT molecular complexity index is 366. The number of nitrogens with one attached hydrogen (secondary N) is 2. The molecular weight excluding hydrogens is 266 g/mol. The Kier molecular flexibility index (Phi) is 5.58. The Morgan fingerprint density at radius 1 is 1.21 bits per heavy atom. The second-order valence-corrected chi connectivity index (χ2v) is 6.98. The fraction of sp³-hybridized carbons (Fsp3) is 1.00. The fourth-order valence-electron chi connectivity index (χ4n) is 2.82. The fourth-order valence-corrected chi connectivity index (χ4v) is 4.56. The van der Waals surface area contributed by atoms with Crippen molar-refractivity contribution < 1.29 is 13.2 Å². The van der Waals surface area contributed by atoms with Gasteiger partial charge in [0.15, 0.2) is 0 Å². The molecule has 0 spiro atoms. The van der Waals surface area contributed by atoms with E-state index < -0.39 is 10.2 Å². The van der Waals surface area contributed by atoms with E-state index in [1.165, 1.54) is 0 Å². The monoisotopic (exact) mass is 291 g/mol. The van der Waals surface area contributed by atoms with Crippen molar-refractivity contribution in [2.45, 2.75) is 44.2 Å². The summed E-state index contributed by atoms with van der Waals surface area (Å²) in [6, 6.07) is 0.104. The van der Waals surface area contributed by atoms with E-state index in [1.807, 2.05) is 7.05 Å². The molecule has 112 valence electrons. The molecule has 0 aromatic rings. The highest BCUT2D eigenvalue weighted by molar-refractivity contribution is 7.87. The van der Waals surface area contributed by atoms with E-state index in [0.29, 0.717) is 26.3 Å². The SMILES string of the molecule is CNCC1CCCCN1S(=O)(=O)NC1CCOCC1. The summed E-state index contributed by atoms with van der Waals surface area (Å²) in [6.07, 6.45) is 4.54. The molecule has 2 fully saturated rings.